The Hall–Kier alpha value is -1.06. The number of carbonyl (C=O) groups excluding carboxylic acids is 1. The minimum absolute atomic E-state index is 0.0438. The van der Waals surface area contributed by atoms with E-state index >= 15 is 0 Å². The molecule has 0 aromatic rings. The van der Waals surface area contributed by atoms with Gasteiger partial charge in [-0.05, 0) is 32.6 Å². The van der Waals surface area contributed by atoms with E-state index in [-0.39, 0.29) is 18.0 Å². The smallest absolute Gasteiger partial charge is 0.306 e. The molecule has 0 heterocycles. The van der Waals surface area contributed by atoms with Gasteiger partial charge in [0.15, 0.2) is 0 Å². The molecule has 0 aromatic carbocycles. The van der Waals surface area contributed by atoms with Crippen LogP contribution >= 0.6 is 0 Å². The van der Waals surface area contributed by atoms with Crippen LogP contribution in [0.4, 0.5) is 0 Å². The Balaban J connectivity index is 0.00000135. The third-order valence-electron chi connectivity index (χ3n) is 3.97. The van der Waals surface area contributed by atoms with Crippen LogP contribution in [-0.2, 0) is 14.3 Å². The van der Waals surface area contributed by atoms with E-state index < -0.39 is 0 Å². The number of hydrogen-bond acceptors (Lipinski definition) is 3. The summed E-state index contributed by atoms with van der Waals surface area (Å²) in [7, 11) is 0. The van der Waals surface area contributed by atoms with Gasteiger partial charge in [-0.1, -0.05) is 58.3 Å². The van der Waals surface area contributed by atoms with Gasteiger partial charge >= 0.3 is 5.97 Å². The first-order chi connectivity index (χ1) is 10.3. The number of esters is 1. The van der Waals surface area contributed by atoms with Crippen LogP contribution in [0.1, 0.15) is 85.5 Å². The quantitative estimate of drug-likeness (QED) is 0.564. The zero-order chi connectivity index (χ0) is 17.0. The van der Waals surface area contributed by atoms with E-state index in [0.717, 1.165) is 12.3 Å². The van der Waals surface area contributed by atoms with Crippen molar-refractivity contribution in [3.05, 3.63) is 0 Å². The largest absolute Gasteiger partial charge is 0.483 e. The molecule has 1 unspecified atom stereocenters. The van der Waals surface area contributed by atoms with Crippen molar-refractivity contribution >= 4 is 12.4 Å². The van der Waals surface area contributed by atoms with Gasteiger partial charge in [0.05, 0.1) is 0 Å². The molecule has 1 fully saturated rings. The fraction of sp³-hybridized carbons (Fsp3) is 0.889. The molecule has 0 bridgehead atoms. The number of hydrogen-bond donors (Lipinski definition) is 1. The predicted molar refractivity (Wildman–Crippen MR) is 88.7 cm³/mol. The average Bonchev–Trinajstić information content (AvgIpc) is 2.38. The maximum absolute atomic E-state index is 11.7. The van der Waals surface area contributed by atoms with Crippen LogP contribution in [0, 0.1) is 11.8 Å². The summed E-state index contributed by atoms with van der Waals surface area (Å²) in [5.74, 6) is 1.37. The monoisotopic (exact) mass is 314 g/mol. The SMILES string of the molecule is CC(CCCC1CCCCC1)CC(=O)OC(C)(C)C.O=CO. The molecule has 1 rings (SSSR count). The zero-order valence-corrected chi connectivity index (χ0v) is 14.8. The molecule has 0 saturated heterocycles. The molecule has 4 heteroatoms. The van der Waals surface area contributed by atoms with Crippen LogP contribution in [-0.4, -0.2) is 23.1 Å². The van der Waals surface area contributed by atoms with Gasteiger partial charge < -0.3 is 9.84 Å². The molecule has 4 nitrogen and oxygen atoms in total. The summed E-state index contributed by atoms with van der Waals surface area (Å²) >= 11 is 0. The molecule has 1 saturated carbocycles. The van der Waals surface area contributed by atoms with Crippen molar-refractivity contribution in [1.82, 2.24) is 0 Å². The third-order valence-corrected chi connectivity index (χ3v) is 3.97. The third kappa shape index (κ3) is 12.7. The van der Waals surface area contributed by atoms with Crippen LogP contribution in [0.3, 0.4) is 0 Å². The molecule has 1 atom stereocenters. The highest BCUT2D eigenvalue weighted by atomic mass is 16.6. The summed E-state index contributed by atoms with van der Waals surface area (Å²) in [5, 5.41) is 6.89. The van der Waals surface area contributed by atoms with Crippen LogP contribution in [0.5, 0.6) is 0 Å². The zero-order valence-electron chi connectivity index (χ0n) is 14.8. The van der Waals surface area contributed by atoms with Crippen molar-refractivity contribution in [2.24, 2.45) is 11.8 Å². The fourth-order valence-corrected chi connectivity index (χ4v) is 3.00. The normalized spacial score (nSPS) is 17.1. The summed E-state index contributed by atoms with van der Waals surface area (Å²) < 4.78 is 5.37. The topological polar surface area (TPSA) is 63.6 Å². The van der Waals surface area contributed by atoms with Gasteiger partial charge in [0.25, 0.3) is 6.47 Å². The molecular formula is C18H34O4. The van der Waals surface area contributed by atoms with Crippen molar-refractivity contribution < 1.29 is 19.4 Å². The standard InChI is InChI=1S/C17H32O2.CH2O2/c1-14(13-16(18)19-17(2,3)4)9-8-12-15-10-6-5-7-11-15;2-1-3/h14-15H,5-13H2,1-4H3;1H,(H,2,3). The van der Waals surface area contributed by atoms with E-state index in [9.17, 15) is 4.79 Å². The number of carbonyl (C=O) groups is 2. The van der Waals surface area contributed by atoms with E-state index in [1.54, 1.807) is 0 Å². The average molecular weight is 314 g/mol. The molecule has 22 heavy (non-hydrogen) atoms. The van der Waals surface area contributed by atoms with Gasteiger partial charge in [0.2, 0.25) is 0 Å². The lowest BCUT2D eigenvalue weighted by atomic mass is 9.85. The first kappa shape index (κ1) is 20.9. The molecule has 0 aromatic heterocycles. The minimum Gasteiger partial charge on any atom is -0.483 e. The van der Waals surface area contributed by atoms with E-state index in [2.05, 4.69) is 6.92 Å². The lowest BCUT2D eigenvalue weighted by Gasteiger charge is -2.23. The van der Waals surface area contributed by atoms with Crippen molar-refractivity contribution in [2.45, 2.75) is 91.1 Å². The van der Waals surface area contributed by atoms with Gasteiger partial charge in [-0.15, -0.1) is 0 Å². The fourth-order valence-electron chi connectivity index (χ4n) is 3.00. The number of ether oxygens (including phenoxy) is 1. The molecule has 130 valence electrons. The van der Waals surface area contributed by atoms with Crippen molar-refractivity contribution in [3.63, 3.8) is 0 Å². The lowest BCUT2D eigenvalue weighted by molar-refractivity contribution is -0.155. The second-order valence-electron chi connectivity index (χ2n) is 7.44. The first-order valence-corrected chi connectivity index (χ1v) is 8.58. The summed E-state index contributed by atoms with van der Waals surface area (Å²) in [6.07, 6.45) is 11.5. The van der Waals surface area contributed by atoms with Gasteiger partial charge in [-0.2, -0.15) is 0 Å². The van der Waals surface area contributed by atoms with E-state index in [4.69, 9.17) is 14.6 Å². The molecule has 0 radical (unpaired) electrons. The highest BCUT2D eigenvalue weighted by Crippen LogP contribution is 2.28. The Morgan fingerprint density at radius 3 is 2.32 bits per heavy atom. The molecule has 1 aliphatic rings. The van der Waals surface area contributed by atoms with Crippen molar-refractivity contribution in [1.29, 1.82) is 0 Å². The molecule has 0 amide bonds. The van der Waals surface area contributed by atoms with Crippen LogP contribution in [0.2, 0.25) is 0 Å². The summed E-state index contributed by atoms with van der Waals surface area (Å²) in [6, 6.07) is 0. The molecule has 1 N–H and O–H groups in total. The van der Waals surface area contributed by atoms with Crippen LogP contribution in [0.25, 0.3) is 0 Å². The first-order valence-electron chi connectivity index (χ1n) is 8.58. The van der Waals surface area contributed by atoms with E-state index in [0.29, 0.717) is 12.3 Å². The molecule has 0 aliphatic heterocycles. The van der Waals surface area contributed by atoms with Gasteiger partial charge in [-0.3, -0.25) is 9.59 Å². The Kier molecular flexibility index (Phi) is 10.9. The summed E-state index contributed by atoms with van der Waals surface area (Å²) in [6.45, 7) is 7.71. The van der Waals surface area contributed by atoms with Gasteiger partial charge in [0.1, 0.15) is 5.60 Å². The summed E-state index contributed by atoms with van der Waals surface area (Å²) in [4.78, 5) is 20.1. The van der Waals surface area contributed by atoms with Gasteiger partial charge in [0, 0.05) is 6.42 Å². The predicted octanol–water partition coefficient (Wildman–Crippen LogP) is 4.81. The van der Waals surface area contributed by atoms with E-state index in [1.165, 1.54) is 44.9 Å². The highest BCUT2D eigenvalue weighted by Gasteiger charge is 2.19. The second-order valence-corrected chi connectivity index (χ2v) is 7.44. The second kappa shape index (κ2) is 11.5. The maximum atomic E-state index is 11.7. The Morgan fingerprint density at radius 2 is 1.82 bits per heavy atom. The number of rotatable bonds is 6. The van der Waals surface area contributed by atoms with Crippen LogP contribution < -0.4 is 0 Å². The summed E-state index contributed by atoms with van der Waals surface area (Å²) in [5.41, 5.74) is -0.348. The lowest BCUT2D eigenvalue weighted by Crippen LogP contribution is -2.24. The Morgan fingerprint density at radius 1 is 1.27 bits per heavy atom. The van der Waals surface area contributed by atoms with Crippen molar-refractivity contribution in [2.75, 3.05) is 0 Å². The highest BCUT2D eigenvalue weighted by molar-refractivity contribution is 5.70. The molecule has 1 aliphatic carbocycles. The minimum atomic E-state index is -0.348. The molecule has 0 spiro atoms. The Labute approximate surface area is 135 Å². The number of carboxylic acid groups (broad SMARTS) is 1. The van der Waals surface area contributed by atoms with Crippen molar-refractivity contribution in [3.8, 4) is 0 Å². The van der Waals surface area contributed by atoms with E-state index in [1.807, 2.05) is 20.8 Å². The Bertz CT molecular complexity index is 301. The van der Waals surface area contributed by atoms with Gasteiger partial charge in [-0.25, -0.2) is 0 Å². The maximum Gasteiger partial charge on any atom is 0.306 e. The molecular weight excluding hydrogens is 280 g/mol. The van der Waals surface area contributed by atoms with Crippen LogP contribution in [0.15, 0.2) is 0 Å².